The van der Waals surface area contributed by atoms with Gasteiger partial charge in [0.05, 0.1) is 22.2 Å². The molecule has 2 N–H and O–H groups in total. The van der Waals surface area contributed by atoms with Crippen LogP contribution < -0.4 is 0 Å². The molecule has 0 fully saturated rings. The summed E-state index contributed by atoms with van der Waals surface area (Å²) < 4.78 is 1.90. The number of hydrogen-bond acceptors (Lipinski definition) is 3. The van der Waals surface area contributed by atoms with Crippen LogP contribution in [0.4, 0.5) is 0 Å². The second-order valence-corrected chi connectivity index (χ2v) is 4.56. The summed E-state index contributed by atoms with van der Waals surface area (Å²) in [5.74, 6) is -0.827. The summed E-state index contributed by atoms with van der Waals surface area (Å²) in [5, 5.41) is 19.6. The number of fused-ring (bicyclic) bond motifs is 1. The molecule has 20 heavy (non-hydrogen) atoms. The molecule has 0 unspecified atom stereocenters. The molecular formula is C15H12N2O3. The van der Waals surface area contributed by atoms with Gasteiger partial charge in [0.15, 0.2) is 0 Å². The van der Waals surface area contributed by atoms with Crippen LogP contribution in [0.25, 0.3) is 22.2 Å². The van der Waals surface area contributed by atoms with Crippen molar-refractivity contribution in [2.75, 3.05) is 0 Å². The van der Waals surface area contributed by atoms with Gasteiger partial charge in [-0.2, -0.15) is 0 Å². The molecule has 0 radical (unpaired) electrons. The Morgan fingerprint density at radius 1 is 1.25 bits per heavy atom. The van der Waals surface area contributed by atoms with Crippen molar-refractivity contribution in [2.45, 2.75) is 0 Å². The number of aromatic nitrogens is 2. The average Bonchev–Trinajstić information content (AvgIpc) is 2.78. The first-order chi connectivity index (χ1) is 9.58. The van der Waals surface area contributed by atoms with Crippen LogP contribution in [0.15, 0.2) is 42.7 Å². The van der Waals surface area contributed by atoms with Gasteiger partial charge in [0.1, 0.15) is 5.75 Å². The second kappa shape index (κ2) is 4.38. The number of nitrogens with zero attached hydrogens (tertiary/aromatic N) is 2. The van der Waals surface area contributed by atoms with E-state index in [0.29, 0.717) is 11.1 Å². The highest BCUT2D eigenvalue weighted by molar-refractivity contribution is 5.99. The number of carbonyl (C=O) groups is 1. The maximum atomic E-state index is 10.8. The Hall–Kier alpha value is -2.82. The molecule has 0 aliphatic heterocycles. The number of benzene rings is 1. The van der Waals surface area contributed by atoms with Gasteiger partial charge in [-0.3, -0.25) is 4.98 Å². The Morgan fingerprint density at radius 2 is 2.05 bits per heavy atom. The maximum Gasteiger partial charge on any atom is 0.337 e. The van der Waals surface area contributed by atoms with Crippen molar-refractivity contribution < 1.29 is 15.0 Å². The zero-order valence-electron chi connectivity index (χ0n) is 10.7. The molecule has 2 heterocycles. The van der Waals surface area contributed by atoms with Gasteiger partial charge >= 0.3 is 5.97 Å². The Kier molecular flexibility index (Phi) is 2.68. The van der Waals surface area contributed by atoms with Gasteiger partial charge in [-0.25, -0.2) is 4.79 Å². The molecule has 3 aromatic rings. The van der Waals surface area contributed by atoms with Crippen LogP contribution >= 0.6 is 0 Å². The third-order valence-electron chi connectivity index (χ3n) is 3.28. The molecule has 0 amide bonds. The minimum Gasteiger partial charge on any atom is -0.507 e. The van der Waals surface area contributed by atoms with Crippen molar-refractivity contribution >= 4 is 16.9 Å². The number of aromatic carboxylic acids is 1. The molecule has 0 saturated carbocycles. The van der Waals surface area contributed by atoms with Crippen LogP contribution in [0.3, 0.4) is 0 Å². The SMILES string of the molecule is Cn1cc(-c2ccc(C(=O)O)cn2)c2c(O)cccc21. The van der Waals surface area contributed by atoms with E-state index in [0.717, 1.165) is 11.1 Å². The van der Waals surface area contributed by atoms with Crippen LogP contribution in [0, 0.1) is 0 Å². The molecule has 5 heteroatoms. The van der Waals surface area contributed by atoms with Crippen molar-refractivity contribution in [3.05, 3.63) is 48.3 Å². The van der Waals surface area contributed by atoms with Crippen molar-refractivity contribution in [1.82, 2.24) is 9.55 Å². The van der Waals surface area contributed by atoms with Crippen LogP contribution in [0.1, 0.15) is 10.4 Å². The van der Waals surface area contributed by atoms with Crippen LogP contribution in [-0.4, -0.2) is 25.7 Å². The van der Waals surface area contributed by atoms with Gasteiger partial charge in [0.2, 0.25) is 0 Å². The van der Waals surface area contributed by atoms with E-state index < -0.39 is 5.97 Å². The van der Waals surface area contributed by atoms with Crippen molar-refractivity contribution in [2.24, 2.45) is 7.05 Å². The lowest BCUT2D eigenvalue weighted by Crippen LogP contribution is -1.96. The summed E-state index contributed by atoms with van der Waals surface area (Å²) in [6.07, 6.45) is 3.18. The summed E-state index contributed by atoms with van der Waals surface area (Å²) in [4.78, 5) is 15.0. The van der Waals surface area contributed by atoms with E-state index in [-0.39, 0.29) is 11.3 Å². The number of carboxylic acids is 1. The van der Waals surface area contributed by atoms with Gasteiger partial charge in [-0.15, -0.1) is 0 Å². The third-order valence-corrected chi connectivity index (χ3v) is 3.28. The van der Waals surface area contributed by atoms with Gasteiger partial charge in [0.25, 0.3) is 0 Å². The maximum absolute atomic E-state index is 10.8. The Bertz CT molecular complexity index is 804. The lowest BCUT2D eigenvalue weighted by Gasteiger charge is -2.01. The average molecular weight is 268 g/mol. The molecular weight excluding hydrogens is 256 g/mol. The summed E-state index contributed by atoms with van der Waals surface area (Å²) in [6.45, 7) is 0. The number of rotatable bonds is 2. The number of phenolic OH excluding ortho intramolecular Hbond substituents is 1. The molecule has 0 spiro atoms. The topological polar surface area (TPSA) is 75.4 Å². The number of hydrogen-bond donors (Lipinski definition) is 2. The molecule has 100 valence electrons. The molecule has 0 saturated heterocycles. The first-order valence-electron chi connectivity index (χ1n) is 6.04. The van der Waals surface area contributed by atoms with Crippen LogP contribution in [-0.2, 0) is 7.05 Å². The lowest BCUT2D eigenvalue weighted by molar-refractivity contribution is 0.0696. The fraction of sp³-hybridized carbons (Fsp3) is 0.0667. The van der Waals surface area contributed by atoms with Gasteiger partial charge < -0.3 is 14.8 Å². The molecule has 0 aliphatic carbocycles. The molecule has 0 aliphatic rings. The van der Waals surface area contributed by atoms with E-state index in [2.05, 4.69) is 4.98 Å². The normalized spacial score (nSPS) is 10.8. The minimum atomic E-state index is -1.01. The highest BCUT2D eigenvalue weighted by atomic mass is 16.4. The van der Waals surface area contributed by atoms with Crippen molar-refractivity contribution in [3.8, 4) is 17.0 Å². The Morgan fingerprint density at radius 3 is 2.70 bits per heavy atom. The fourth-order valence-corrected chi connectivity index (χ4v) is 2.30. The number of aromatic hydroxyl groups is 1. The van der Waals surface area contributed by atoms with Crippen LogP contribution in [0.2, 0.25) is 0 Å². The van der Waals surface area contributed by atoms with Crippen LogP contribution in [0.5, 0.6) is 5.75 Å². The highest BCUT2D eigenvalue weighted by Crippen LogP contribution is 2.34. The summed E-state index contributed by atoms with van der Waals surface area (Å²) in [6, 6.07) is 8.46. The third kappa shape index (κ3) is 1.80. The predicted molar refractivity (Wildman–Crippen MR) is 74.8 cm³/mol. The largest absolute Gasteiger partial charge is 0.507 e. The lowest BCUT2D eigenvalue weighted by atomic mass is 10.1. The first-order valence-corrected chi connectivity index (χ1v) is 6.04. The standard InChI is InChI=1S/C15H12N2O3/c1-17-8-10(14-12(17)3-2-4-13(14)18)11-6-5-9(7-16-11)15(19)20/h2-8,18H,1H3,(H,19,20). The fourth-order valence-electron chi connectivity index (χ4n) is 2.30. The highest BCUT2D eigenvalue weighted by Gasteiger charge is 2.13. The van der Waals surface area contributed by atoms with E-state index in [4.69, 9.17) is 5.11 Å². The molecule has 1 aromatic carbocycles. The van der Waals surface area contributed by atoms with Crippen molar-refractivity contribution in [3.63, 3.8) is 0 Å². The summed E-state index contributed by atoms with van der Waals surface area (Å²) >= 11 is 0. The number of carboxylic acid groups (broad SMARTS) is 1. The van der Waals surface area contributed by atoms with E-state index in [1.165, 1.54) is 12.3 Å². The Labute approximate surface area is 114 Å². The Balaban J connectivity index is 2.22. The first kappa shape index (κ1) is 12.2. The van der Waals surface area contributed by atoms with E-state index in [9.17, 15) is 9.90 Å². The number of phenols is 1. The molecule has 0 bridgehead atoms. The molecule has 2 aromatic heterocycles. The predicted octanol–water partition coefficient (Wildman–Crippen LogP) is 2.64. The zero-order chi connectivity index (χ0) is 14.3. The van der Waals surface area contributed by atoms with E-state index in [1.807, 2.05) is 23.9 Å². The number of aryl methyl sites for hydroxylation is 1. The van der Waals surface area contributed by atoms with Gasteiger partial charge in [-0.05, 0) is 24.3 Å². The summed E-state index contributed by atoms with van der Waals surface area (Å²) in [5.41, 5.74) is 2.43. The monoisotopic (exact) mass is 268 g/mol. The van der Waals surface area contributed by atoms with E-state index in [1.54, 1.807) is 18.2 Å². The van der Waals surface area contributed by atoms with Gasteiger partial charge in [0, 0.05) is 25.0 Å². The minimum absolute atomic E-state index is 0.137. The van der Waals surface area contributed by atoms with E-state index >= 15 is 0 Å². The summed E-state index contributed by atoms with van der Waals surface area (Å²) in [7, 11) is 1.89. The van der Waals surface area contributed by atoms with Gasteiger partial charge in [-0.1, -0.05) is 6.07 Å². The second-order valence-electron chi connectivity index (χ2n) is 4.56. The molecule has 5 nitrogen and oxygen atoms in total. The zero-order valence-corrected chi connectivity index (χ0v) is 10.7. The molecule has 0 atom stereocenters. The quantitative estimate of drug-likeness (QED) is 0.749. The smallest absolute Gasteiger partial charge is 0.337 e. The number of pyridine rings is 1. The van der Waals surface area contributed by atoms with Crippen molar-refractivity contribution in [1.29, 1.82) is 0 Å². The molecule has 3 rings (SSSR count).